The van der Waals surface area contributed by atoms with Gasteiger partial charge in [-0.05, 0) is 45.2 Å². The van der Waals surface area contributed by atoms with Crippen LogP contribution >= 0.6 is 11.6 Å². The molecule has 1 aliphatic heterocycles. The van der Waals surface area contributed by atoms with Gasteiger partial charge in [0.2, 0.25) is 11.9 Å². The molecule has 1 saturated heterocycles. The molecule has 0 spiro atoms. The average Bonchev–Trinajstić information content (AvgIpc) is 2.69. The molecule has 30 heavy (non-hydrogen) atoms. The van der Waals surface area contributed by atoms with Crippen LogP contribution in [0.4, 0.5) is 5.95 Å². The molecule has 0 saturated carbocycles. The number of morpholine rings is 1. The number of hydrogen-bond acceptors (Lipinski definition) is 5. The number of halogens is 1. The number of aryl methyl sites for hydroxylation is 1. The quantitative estimate of drug-likeness (QED) is 0.702. The van der Waals surface area contributed by atoms with E-state index in [4.69, 9.17) is 16.3 Å². The zero-order chi connectivity index (χ0) is 21.7. The minimum atomic E-state index is -0.456. The van der Waals surface area contributed by atoms with E-state index in [2.05, 4.69) is 15.3 Å². The van der Waals surface area contributed by atoms with Crippen molar-refractivity contribution in [3.05, 3.63) is 56.5 Å². The second kappa shape index (κ2) is 9.62. The smallest absolute Gasteiger partial charge is 0.255 e. The monoisotopic (exact) mass is 432 g/mol. The van der Waals surface area contributed by atoms with Gasteiger partial charge in [0.1, 0.15) is 0 Å². The number of H-pyrrole nitrogens is 1. The topological polar surface area (TPSA) is 87.3 Å². The van der Waals surface area contributed by atoms with Gasteiger partial charge in [-0.1, -0.05) is 29.8 Å². The fraction of sp³-hybridized carbons (Fsp3) is 0.500. The summed E-state index contributed by atoms with van der Waals surface area (Å²) in [6, 6.07) is 7.62. The average molecular weight is 433 g/mol. The Labute approximate surface area is 181 Å². The molecule has 2 heterocycles. The van der Waals surface area contributed by atoms with Gasteiger partial charge in [-0.3, -0.25) is 14.6 Å². The minimum Gasteiger partial charge on any atom is -0.378 e. The first-order chi connectivity index (χ1) is 14.2. The predicted octanol–water partition coefficient (Wildman–Crippen LogP) is 2.64. The number of amides is 1. The summed E-state index contributed by atoms with van der Waals surface area (Å²) in [6.07, 6.45) is 1.17. The van der Waals surface area contributed by atoms with Crippen LogP contribution in [0.3, 0.4) is 0 Å². The third kappa shape index (κ3) is 5.83. The Bertz CT molecular complexity index is 952. The van der Waals surface area contributed by atoms with Crippen LogP contribution in [0.5, 0.6) is 0 Å². The Morgan fingerprint density at radius 2 is 2.00 bits per heavy atom. The van der Waals surface area contributed by atoms with Crippen LogP contribution in [-0.2, 0) is 22.4 Å². The number of anilines is 1. The van der Waals surface area contributed by atoms with Gasteiger partial charge in [-0.15, -0.1) is 0 Å². The molecule has 0 unspecified atom stereocenters. The molecule has 3 rings (SSSR count). The molecule has 2 aromatic rings. The van der Waals surface area contributed by atoms with Crippen LogP contribution in [0.25, 0.3) is 0 Å². The zero-order valence-corrected chi connectivity index (χ0v) is 18.5. The van der Waals surface area contributed by atoms with Crippen LogP contribution in [0, 0.1) is 6.92 Å². The van der Waals surface area contributed by atoms with E-state index in [1.54, 1.807) is 0 Å². The number of carbonyl (C=O) groups is 1. The van der Waals surface area contributed by atoms with Crippen molar-refractivity contribution in [1.82, 2.24) is 15.3 Å². The first kappa shape index (κ1) is 22.3. The summed E-state index contributed by atoms with van der Waals surface area (Å²) in [6.45, 7) is 8.38. The lowest BCUT2D eigenvalue weighted by atomic mass is 9.94. The van der Waals surface area contributed by atoms with E-state index in [9.17, 15) is 9.59 Å². The number of aromatic amines is 1. The van der Waals surface area contributed by atoms with Crippen LogP contribution in [0.2, 0.25) is 5.02 Å². The summed E-state index contributed by atoms with van der Waals surface area (Å²) in [4.78, 5) is 34.5. The molecule has 7 nitrogen and oxygen atoms in total. The van der Waals surface area contributed by atoms with Gasteiger partial charge < -0.3 is 15.0 Å². The largest absolute Gasteiger partial charge is 0.378 e. The predicted molar refractivity (Wildman–Crippen MR) is 118 cm³/mol. The third-order valence-corrected chi connectivity index (χ3v) is 5.56. The maximum Gasteiger partial charge on any atom is 0.255 e. The lowest BCUT2D eigenvalue weighted by Crippen LogP contribution is -2.45. The molecule has 1 amide bonds. The van der Waals surface area contributed by atoms with E-state index < -0.39 is 5.54 Å². The first-order valence-electron chi connectivity index (χ1n) is 10.2. The minimum absolute atomic E-state index is 0.108. The maximum absolute atomic E-state index is 12.6. The van der Waals surface area contributed by atoms with E-state index in [0.29, 0.717) is 61.4 Å². The maximum atomic E-state index is 12.6. The highest BCUT2D eigenvalue weighted by molar-refractivity contribution is 6.31. The molecular weight excluding hydrogens is 404 g/mol. The number of nitrogens with zero attached hydrogens (tertiary/aromatic N) is 2. The van der Waals surface area contributed by atoms with Gasteiger partial charge in [0.05, 0.1) is 13.2 Å². The molecule has 162 valence electrons. The summed E-state index contributed by atoms with van der Waals surface area (Å²) in [5.74, 6) is 0.456. The highest BCUT2D eigenvalue weighted by Crippen LogP contribution is 2.21. The second-order valence-corrected chi connectivity index (χ2v) is 8.66. The molecule has 1 aromatic carbocycles. The van der Waals surface area contributed by atoms with Gasteiger partial charge in [0.15, 0.2) is 0 Å². The fourth-order valence-corrected chi connectivity index (χ4v) is 3.86. The van der Waals surface area contributed by atoms with Crippen LogP contribution in [0.1, 0.15) is 37.1 Å². The lowest BCUT2D eigenvalue weighted by molar-refractivity contribution is -0.122. The van der Waals surface area contributed by atoms with Gasteiger partial charge in [-0.25, -0.2) is 4.98 Å². The first-order valence-corrected chi connectivity index (χ1v) is 10.6. The molecular formula is C22H29ClN4O3. The van der Waals surface area contributed by atoms with E-state index in [0.717, 1.165) is 5.56 Å². The van der Waals surface area contributed by atoms with Crippen molar-refractivity contribution >= 4 is 23.5 Å². The summed E-state index contributed by atoms with van der Waals surface area (Å²) in [7, 11) is 0. The second-order valence-electron chi connectivity index (χ2n) is 8.25. The number of benzene rings is 1. The molecule has 1 fully saturated rings. The molecule has 1 aliphatic rings. The van der Waals surface area contributed by atoms with E-state index in [1.807, 2.05) is 49.9 Å². The zero-order valence-electron chi connectivity index (χ0n) is 17.8. The van der Waals surface area contributed by atoms with Crippen molar-refractivity contribution in [2.75, 3.05) is 31.2 Å². The van der Waals surface area contributed by atoms with Gasteiger partial charge in [0, 0.05) is 41.3 Å². The van der Waals surface area contributed by atoms with Crippen molar-refractivity contribution < 1.29 is 9.53 Å². The molecule has 2 N–H and O–H groups in total. The molecule has 0 aliphatic carbocycles. The van der Waals surface area contributed by atoms with E-state index in [-0.39, 0.29) is 17.9 Å². The molecule has 0 radical (unpaired) electrons. The molecule has 0 bridgehead atoms. The van der Waals surface area contributed by atoms with Crippen LogP contribution < -0.4 is 15.8 Å². The SMILES string of the molecule is Cc1nc(N2CCOCC2)[nH]c(=O)c1CCC(=O)NC(C)(C)Cc1ccccc1Cl. The third-order valence-electron chi connectivity index (χ3n) is 5.19. The highest BCUT2D eigenvalue weighted by atomic mass is 35.5. The Kier molecular flexibility index (Phi) is 7.15. The van der Waals surface area contributed by atoms with Gasteiger partial charge in [0.25, 0.3) is 5.56 Å². The Hall–Kier alpha value is -2.38. The number of carbonyl (C=O) groups excluding carboxylic acids is 1. The van der Waals surface area contributed by atoms with Gasteiger partial charge >= 0.3 is 0 Å². The lowest BCUT2D eigenvalue weighted by Gasteiger charge is -2.28. The molecule has 8 heteroatoms. The molecule has 1 aromatic heterocycles. The number of nitrogens with one attached hydrogen (secondary N) is 2. The van der Waals surface area contributed by atoms with Crippen molar-refractivity contribution in [3.63, 3.8) is 0 Å². The van der Waals surface area contributed by atoms with Gasteiger partial charge in [-0.2, -0.15) is 0 Å². The number of aromatic nitrogens is 2. The summed E-state index contributed by atoms with van der Waals surface area (Å²) in [5.41, 5.74) is 1.54. The van der Waals surface area contributed by atoms with Crippen molar-refractivity contribution in [2.45, 2.75) is 45.6 Å². The fourth-order valence-electron chi connectivity index (χ4n) is 3.66. The normalized spacial score (nSPS) is 14.6. The van der Waals surface area contributed by atoms with Crippen LogP contribution in [0.15, 0.2) is 29.1 Å². The van der Waals surface area contributed by atoms with Crippen LogP contribution in [-0.4, -0.2) is 47.7 Å². The summed E-state index contributed by atoms with van der Waals surface area (Å²) >= 11 is 6.24. The molecule has 0 atom stereocenters. The Morgan fingerprint density at radius 1 is 1.30 bits per heavy atom. The summed E-state index contributed by atoms with van der Waals surface area (Å²) < 4.78 is 5.34. The highest BCUT2D eigenvalue weighted by Gasteiger charge is 2.23. The van der Waals surface area contributed by atoms with E-state index >= 15 is 0 Å². The Morgan fingerprint density at radius 3 is 2.67 bits per heavy atom. The number of rotatable bonds is 7. The van der Waals surface area contributed by atoms with Crippen molar-refractivity contribution in [1.29, 1.82) is 0 Å². The van der Waals surface area contributed by atoms with Crippen molar-refractivity contribution in [3.8, 4) is 0 Å². The standard InChI is InChI=1S/C22H29ClN4O3/c1-15-17(20(29)25-21(24-15)27-10-12-30-13-11-27)8-9-19(28)26-22(2,3)14-16-6-4-5-7-18(16)23/h4-7H,8-14H2,1-3H3,(H,26,28)(H,24,25,29). The number of hydrogen-bond donors (Lipinski definition) is 2. The van der Waals surface area contributed by atoms with E-state index in [1.165, 1.54) is 0 Å². The summed E-state index contributed by atoms with van der Waals surface area (Å²) in [5, 5.41) is 3.74. The van der Waals surface area contributed by atoms with Crippen molar-refractivity contribution in [2.24, 2.45) is 0 Å². The number of ether oxygens (including phenoxy) is 1. The Balaban J connectivity index is 1.60.